The number of fused-ring (bicyclic) bond motifs is 1. The standard InChI is InChI=1S/C10H8N2S2/c11-5-7(6-13)10-12-8-3-1-2-4-9(8)14-10/h1-4,7,13H,6H2. The van der Waals surface area contributed by atoms with Crippen LogP contribution in [0.4, 0.5) is 0 Å². The number of nitriles is 1. The molecule has 0 fully saturated rings. The molecule has 0 saturated carbocycles. The molecular weight excluding hydrogens is 212 g/mol. The number of aromatic nitrogens is 1. The van der Waals surface area contributed by atoms with Crippen LogP contribution >= 0.6 is 24.0 Å². The van der Waals surface area contributed by atoms with Gasteiger partial charge >= 0.3 is 0 Å². The molecule has 0 saturated heterocycles. The average molecular weight is 220 g/mol. The van der Waals surface area contributed by atoms with E-state index in [0.717, 1.165) is 15.2 Å². The lowest BCUT2D eigenvalue weighted by molar-refractivity contribution is 0.984. The molecule has 1 heterocycles. The Morgan fingerprint density at radius 3 is 2.93 bits per heavy atom. The second-order valence-electron chi connectivity index (χ2n) is 2.88. The fourth-order valence-electron chi connectivity index (χ4n) is 1.21. The van der Waals surface area contributed by atoms with E-state index in [1.807, 2.05) is 24.3 Å². The first-order chi connectivity index (χ1) is 6.85. The van der Waals surface area contributed by atoms with Crippen molar-refractivity contribution in [2.24, 2.45) is 0 Å². The van der Waals surface area contributed by atoms with Crippen LogP contribution in [0.25, 0.3) is 10.2 Å². The van der Waals surface area contributed by atoms with E-state index < -0.39 is 0 Å². The van der Waals surface area contributed by atoms with Gasteiger partial charge in [0.2, 0.25) is 0 Å². The van der Waals surface area contributed by atoms with E-state index in [2.05, 4.69) is 23.7 Å². The zero-order valence-corrected chi connectivity index (χ0v) is 9.05. The van der Waals surface area contributed by atoms with E-state index in [9.17, 15) is 0 Å². The van der Waals surface area contributed by atoms with E-state index in [0.29, 0.717) is 5.75 Å². The molecule has 1 unspecified atom stereocenters. The van der Waals surface area contributed by atoms with Gasteiger partial charge in [-0.3, -0.25) is 0 Å². The molecule has 0 amide bonds. The summed E-state index contributed by atoms with van der Waals surface area (Å²) in [6.45, 7) is 0. The smallest absolute Gasteiger partial charge is 0.112 e. The van der Waals surface area contributed by atoms with Crippen LogP contribution in [0.1, 0.15) is 10.9 Å². The maximum Gasteiger partial charge on any atom is 0.112 e. The van der Waals surface area contributed by atoms with Gasteiger partial charge in [-0.2, -0.15) is 17.9 Å². The minimum Gasteiger partial charge on any atom is -0.240 e. The number of thiazole rings is 1. The predicted octanol–water partition coefficient (Wildman–Crippen LogP) is 2.83. The van der Waals surface area contributed by atoms with Crippen LogP contribution < -0.4 is 0 Å². The van der Waals surface area contributed by atoms with Gasteiger partial charge in [0.25, 0.3) is 0 Å². The summed E-state index contributed by atoms with van der Waals surface area (Å²) < 4.78 is 1.13. The Kier molecular flexibility index (Phi) is 2.71. The van der Waals surface area contributed by atoms with Gasteiger partial charge in [0.15, 0.2) is 0 Å². The van der Waals surface area contributed by atoms with Crippen molar-refractivity contribution in [2.75, 3.05) is 5.75 Å². The summed E-state index contributed by atoms with van der Waals surface area (Å²) in [7, 11) is 0. The molecule has 1 aromatic heterocycles. The SMILES string of the molecule is N#CC(CS)c1nc2ccccc2s1. The fourth-order valence-corrected chi connectivity index (χ4v) is 2.60. The Hall–Kier alpha value is -1.05. The van der Waals surface area contributed by atoms with Gasteiger partial charge < -0.3 is 0 Å². The summed E-state index contributed by atoms with van der Waals surface area (Å²) in [5, 5.41) is 9.74. The fraction of sp³-hybridized carbons (Fsp3) is 0.200. The zero-order valence-electron chi connectivity index (χ0n) is 7.34. The Labute approximate surface area is 91.6 Å². The third-order valence-corrected chi connectivity index (χ3v) is 3.46. The normalized spacial score (nSPS) is 12.6. The highest BCUT2D eigenvalue weighted by atomic mass is 32.1. The summed E-state index contributed by atoms with van der Waals surface area (Å²) in [5.41, 5.74) is 0.967. The Bertz CT molecular complexity index is 451. The van der Waals surface area contributed by atoms with Gasteiger partial charge in [0, 0.05) is 5.75 Å². The number of nitrogens with zero attached hydrogens (tertiary/aromatic N) is 2. The second kappa shape index (κ2) is 3.99. The maximum atomic E-state index is 8.87. The number of rotatable bonds is 2. The quantitative estimate of drug-likeness (QED) is 0.790. The number of thiol groups is 1. The molecule has 4 heteroatoms. The van der Waals surface area contributed by atoms with Crippen molar-refractivity contribution in [2.45, 2.75) is 5.92 Å². The molecule has 1 atom stereocenters. The van der Waals surface area contributed by atoms with Crippen molar-refractivity contribution < 1.29 is 0 Å². The molecule has 0 spiro atoms. The molecule has 2 rings (SSSR count). The highest BCUT2D eigenvalue weighted by molar-refractivity contribution is 7.80. The monoisotopic (exact) mass is 220 g/mol. The molecule has 0 aliphatic carbocycles. The molecule has 1 aromatic carbocycles. The first kappa shape index (κ1) is 9.50. The molecule has 2 aromatic rings. The van der Waals surface area contributed by atoms with E-state index in [1.165, 1.54) is 0 Å². The Morgan fingerprint density at radius 2 is 2.29 bits per heavy atom. The number of hydrogen-bond acceptors (Lipinski definition) is 4. The minimum atomic E-state index is -0.185. The molecular formula is C10H8N2S2. The van der Waals surface area contributed by atoms with E-state index in [4.69, 9.17) is 5.26 Å². The predicted molar refractivity (Wildman–Crippen MR) is 61.8 cm³/mol. The molecule has 0 aliphatic rings. The Balaban J connectivity index is 2.50. The van der Waals surface area contributed by atoms with Crippen molar-refractivity contribution in [3.05, 3.63) is 29.3 Å². The van der Waals surface area contributed by atoms with Crippen LogP contribution in [-0.2, 0) is 0 Å². The van der Waals surface area contributed by atoms with Gasteiger partial charge in [0.05, 0.1) is 16.3 Å². The third-order valence-electron chi connectivity index (χ3n) is 1.95. The van der Waals surface area contributed by atoms with Gasteiger partial charge in [-0.1, -0.05) is 12.1 Å². The largest absolute Gasteiger partial charge is 0.240 e. The molecule has 0 N–H and O–H groups in total. The molecule has 70 valence electrons. The maximum absolute atomic E-state index is 8.87. The lowest BCUT2D eigenvalue weighted by Crippen LogP contribution is -1.95. The topological polar surface area (TPSA) is 36.7 Å². The minimum absolute atomic E-state index is 0.185. The molecule has 0 bridgehead atoms. The first-order valence-electron chi connectivity index (χ1n) is 4.21. The van der Waals surface area contributed by atoms with Crippen LogP contribution in [-0.4, -0.2) is 10.7 Å². The lowest BCUT2D eigenvalue weighted by atomic mass is 10.2. The van der Waals surface area contributed by atoms with Crippen LogP contribution in [0.5, 0.6) is 0 Å². The van der Waals surface area contributed by atoms with Crippen molar-refractivity contribution in [3.8, 4) is 6.07 Å². The summed E-state index contributed by atoms with van der Waals surface area (Å²) >= 11 is 5.70. The van der Waals surface area contributed by atoms with E-state index in [1.54, 1.807) is 11.3 Å². The Morgan fingerprint density at radius 1 is 1.50 bits per heavy atom. The molecule has 0 aliphatic heterocycles. The first-order valence-corrected chi connectivity index (χ1v) is 5.66. The van der Waals surface area contributed by atoms with Crippen LogP contribution in [0.2, 0.25) is 0 Å². The van der Waals surface area contributed by atoms with Crippen LogP contribution in [0.15, 0.2) is 24.3 Å². The summed E-state index contributed by atoms with van der Waals surface area (Å²) in [6.07, 6.45) is 0. The highest BCUT2D eigenvalue weighted by Gasteiger charge is 2.13. The number of para-hydroxylation sites is 1. The molecule has 2 nitrogen and oxygen atoms in total. The average Bonchev–Trinajstić information content (AvgIpc) is 2.63. The zero-order chi connectivity index (χ0) is 9.97. The van der Waals surface area contributed by atoms with Crippen molar-refractivity contribution >= 4 is 34.2 Å². The van der Waals surface area contributed by atoms with Gasteiger partial charge in [-0.15, -0.1) is 11.3 Å². The van der Waals surface area contributed by atoms with Crippen molar-refractivity contribution in [1.29, 1.82) is 5.26 Å². The molecule has 0 radical (unpaired) electrons. The summed E-state index contributed by atoms with van der Waals surface area (Å²) in [4.78, 5) is 4.40. The summed E-state index contributed by atoms with van der Waals surface area (Å²) in [5.74, 6) is 0.340. The number of hydrogen-bond donors (Lipinski definition) is 1. The van der Waals surface area contributed by atoms with Gasteiger partial charge in [-0.05, 0) is 12.1 Å². The lowest BCUT2D eigenvalue weighted by Gasteiger charge is -1.97. The van der Waals surface area contributed by atoms with Crippen LogP contribution in [0.3, 0.4) is 0 Å². The van der Waals surface area contributed by atoms with Crippen molar-refractivity contribution in [1.82, 2.24) is 4.98 Å². The third kappa shape index (κ3) is 1.61. The highest BCUT2D eigenvalue weighted by Crippen LogP contribution is 2.27. The molecule has 14 heavy (non-hydrogen) atoms. The summed E-state index contributed by atoms with van der Waals surface area (Å²) in [6, 6.07) is 10.1. The number of benzene rings is 1. The van der Waals surface area contributed by atoms with E-state index in [-0.39, 0.29) is 5.92 Å². The van der Waals surface area contributed by atoms with Gasteiger partial charge in [0.1, 0.15) is 10.9 Å². The van der Waals surface area contributed by atoms with E-state index >= 15 is 0 Å². The van der Waals surface area contributed by atoms with Gasteiger partial charge in [-0.25, -0.2) is 4.98 Å². The van der Waals surface area contributed by atoms with Crippen LogP contribution in [0, 0.1) is 11.3 Å². The second-order valence-corrected chi connectivity index (χ2v) is 4.31. The van der Waals surface area contributed by atoms with Crippen molar-refractivity contribution in [3.63, 3.8) is 0 Å².